The van der Waals surface area contributed by atoms with Crippen LogP contribution in [-0.2, 0) is 14.1 Å². The number of carbonyl (C=O) groups excluding carboxylic acids is 3. The molecule has 0 unspecified atom stereocenters. The smallest absolute Gasteiger partial charge is 0.409 e. The van der Waals surface area contributed by atoms with Gasteiger partial charge in [0.05, 0.1) is 18.5 Å². The number of hydrogen-bond donors (Lipinski definition) is 3. The largest absolute Gasteiger partial charge is 0.449 e. The summed E-state index contributed by atoms with van der Waals surface area (Å²) in [7, 11) is -4.76. The fraction of sp³-hybridized carbons (Fsp3) is 0.333. The molecule has 0 bridgehead atoms. The molecule has 13 heteroatoms. The van der Waals surface area contributed by atoms with Gasteiger partial charge in [-0.05, 0) is 41.8 Å². The number of carbonyl (C=O) groups is 3. The van der Waals surface area contributed by atoms with Gasteiger partial charge >= 0.3 is 13.7 Å². The van der Waals surface area contributed by atoms with Crippen molar-refractivity contribution >= 4 is 25.5 Å². The van der Waals surface area contributed by atoms with E-state index in [4.69, 9.17) is 4.74 Å². The van der Waals surface area contributed by atoms with Crippen LogP contribution in [0.4, 0.5) is 9.18 Å². The van der Waals surface area contributed by atoms with Gasteiger partial charge in [0.2, 0.25) is 5.91 Å². The van der Waals surface area contributed by atoms with Crippen molar-refractivity contribution in [3.8, 4) is 22.4 Å². The number of pyridine rings is 1. The van der Waals surface area contributed by atoms with Crippen molar-refractivity contribution in [2.45, 2.75) is 25.8 Å². The van der Waals surface area contributed by atoms with E-state index in [1.165, 1.54) is 34.1 Å². The van der Waals surface area contributed by atoms with Gasteiger partial charge in [-0.3, -0.25) is 14.2 Å². The lowest BCUT2D eigenvalue weighted by Crippen LogP contribution is -2.56. The van der Waals surface area contributed by atoms with Crippen molar-refractivity contribution in [1.29, 1.82) is 0 Å². The van der Waals surface area contributed by atoms with Crippen LogP contribution in [0.5, 0.6) is 0 Å². The summed E-state index contributed by atoms with van der Waals surface area (Å²) in [4.78, 5) is 65.7. The molecular formula is C30H34FN4O7P. The van der Waals surface area contributed by atoms with Crippen molar-refractivity contribution in [2.24, 2.45) is 0 Å². The lowest BCUT2D eigenvalue weighted by atomic mass is 10.0. The van der Waals surface area contributed by atoms with Gasteiger partial charge in [-0.1, -0.05) is 55.8 Å². The van der Waals surface area contributed by atoms with Gasteiger partial charge in [0.25, 0.3) is 5.91 Å². The maximum absolute atomic E-state index is 14.7. The van der Waals surface area contributed by atoms with Crippen LogP contribution in [-0.4, -0.2) is 87.5 Å². The van der Waals surface area contributed by atoms with E-state index in [0.717, 1.165) is 18.4 Å². The molecule has 43 heavy (non-hydrogen) atoms. The van der Waals surface area contributed by atoms with Crippen LogP contribution >= 0.6 is 7.60 Å². The van der Waals surface area contributed by atoms with Crippen LogP contribution in [0.1, 0.15) is 30.3 Å². The number of amides is 3. The van der Waals surface area contributed by atoms with Crippen molar-refractivity contribution < 1.29 is 37.9 Å². The molecular weight excluding hydrogens is 578 g/mol. The number of hydrogen-bond acceptors (Lipinski definition) is 6. The van der Waals surface area contributed by atoms with E-state index in [1.807, 2.05) is 25.1 Å². The van der Waals surface area contributed by atoms with Crippen LogP contribution in [0, 0.1) is 5.82 Å². The molecule has 1 fully saturated rings. The van der Waals surface area contributed by atoms with Crippen molar-refractivity contribution in [3.63, 3.8) is 0 Å². The van der Waals surface area contributed by atoms with Gasteiger partial charge in [0.1, 0.15) is 17.6 Å². The first-order valence-corrected chi connectivity index (χ1v) is 15.7. The molecule has 1 atom stereocenters. The van der Waals surface area contributed by atoms with E-state index in [-0.39, 0.29) is 43.1 Å². The molecule has 0 radical (unpaired) electrons. The molecule has 1 aliphatic rings. The fourth-order valence-corrected chi connectivity index (χ4v) is 5.35. The quantitative estimate of drug-likeness (QED) is 0.231. The number of nitrogens with one attached hydrogen (secondary N) is 1. The number of benzene rings is 2. The molecule has 3 amide bonds. The maximum atomic E-state index is 14.7. The SMILES string of the molecule is CCCCOC(=O)N1CCN(C(=O)[C@H](CP(=O)(O)O)NC(=O)c2cc(-c3ccccc3)cc(-c3ccccc3F)n2)CC1. The Hall–Kier alpha value is -4.12. The Balaban J connectivity index is 1.56. The van der Waals surface area contributed by atoms with Gasteiger partial charge in [-0.2, -0.15) is 0 Å². The van der Waals surface area contributed by atoms with E-state index in [9.17, 15) is 33.1 Å². The molecule has 4 rings (SSSR count). The number of nitrogens with zero attached hydrogens (tertiary/aromatic N) is 3. The number of aromatic nitrogens is 1. The second-order valence-electron chi connectivity index (χ2n) is 10.1. The summed E-state index contributed by atoms with van der Waals surface area (Å²) in [6.45, 7) is 2.79. The molecule has 228 valence electrons. The minimum atomic E-state index is -4.76. The Kier molecular flexibility index (Phi) is 10.6. The predicted octanol–water partition coefficient (Wildman–Crippen LogP) is 3.91. The lowest BCUT2D eigenvalue weighted by Gasteiger charge is -2.36. The maximum Gasteiger partial charge on any atom is 0.409 e. The molecule has 0 saturated carbocycles. The topological polar surface area (TPSA) is 149 Å². The Morgan fingerprint density at radius 2 is 1.63 bits per heavy atom. The zero-order valence-electron chi connectivity index (χ0n) is 23.7. The predicted molar refractivity (Wildman–Crippen MR) is 158 cm³/mol. The molecule has 2 aromatic carbocycles. The molecule has 3 N–H and O–H groups in total. The normalized spacial score (nSPS) is 14.2. The van der Waals surface area contributed by atoms with Gasteiger partial charge in [0, 0.05) is 31.7 Å². The summed E-state index contributed by atoms with van der Waals surface area (Å²) in [5.41, 5.74) is 1.44. The van der Waals surface area contributed by atoms with Crippen LogP contribution in [0.15, 0.2) is 66.7 Å². The lowest BCUT2D eigenvalue weighted by molar-refractivity contribution is -0.134. The molecule has 0 aliphatic carbocycles. The highest BCUT2D eigenvalue weighted by atomic mass is 31.2. The van der Waals surface area contributed by atoms with Gasteiger partial charge in [0.15, 0.2) is 0 Å². The minimum Gasteiger partial charge on any atom is -0.449 e. The first kappa shape index (κ1) is 31.8. The Morgan fingerprint density at radius 1 is 0.977 bits per heavy atom. The number of unbranched alkanes of at least 4 members (excludes halogenated alkanes) is 1. The highest BCUT2D eigenvalue weighted by Gasteiger charge is 2.35. The Labute approximate surface area is 248 Å². The van der Waals surface area contributed by atoms with E-state index in [1.54, 1.807) is 24.3 Å². The Bertz CT molecular complexity index is 1490. The molecule has 3 aromatic rings. The van der Waals surface area contributed by atoms with Crippen molar-refractivity contribution in [3.05, 3.63) is 78.2 Å². The van der Waals surface area contributed by atoms with E-state index >= 15 is 0 Å². The molecule has 1 saturated heterocycles. The average molecular weight is 613 g/mol. The van der Waals surface area contributed by atoms with E-state index < -0.39 is 43.5 Å². The zero-order valence-corrected chi connectivity index (χ0v) is 24.6. The molecule has 1 aromatic heterocycles. The number of ether oxygens (including phenoxy) is 1. The third kappa shape index (κ3) is 8.70. The van der Waals surface area contributed by atoms with Crippen LogP contribution in [0.2, 0.25) is 0 Å². The summed E-state index contributed by atoms with van der Waals surface area (Å²) in [6.07, 6.45) is 0.183. The highest BCUT2D eigenvalue weighted by Crippen LogP contribution is 2.35. The fourth-order valence-electron chi connectivity index (χ4n) is 4.63. The summed E-state index contributed by atoms with van der Waals surface area (Å²) in [5.74, 6) is -2.11. The van der Waals surface area contributed by atoms with E-state index in [2.05, 4.69) is 10.3 Å². The summed E-state index contributed by atoms with van der Waals surface area (Å²) in [5, 5.41) is 2.44. The van der Waals surface area contributed by atoms with Gasteiger partial charge in [-0.15, -0.1) is 0 Å². The van der Waals surface area contributed by atoms with E-state index in [0.29, 0.717) is 12.2 Å². The standard InChI is InChI=1S/C30H34FN4O7P/c1-2-3-17-42-30(38)35-15-13-34(14-16-35)29(37)27(20-43(39,40)41)33-28(36)26-19-22(21-9-5-4-6-10-21)18-25(32-26)23-11-7-8-12-24(23)31/h4-12,18-19,27H,2-3,13-17,20H2,1H3,(H,33,36)(H2,39,40,41)/t27-/m0/s1. The molecule has 1 aliphatic heterocycles. The molecule has 11 nitrogen and oxygen atoms in total. The summed E-state index contributed by atoms with van der Waals surface area (Å²) in [6, 6.07) is 16.5. The average Bonchev–Trinajstić information content (AvgIpc) is 3.00. The molecule has 2 heterocycles. The number of halogens is 1. The monoisotopic (exact) mass is 612 g/mol. The summed E-state index contributed by atoms with van der Waals surface area (Å²) >= 11 is 0. The van der Waals surface area contributed by atoms with Crippen molar-refractivity contribution in [2.75, 3.05) is 38.9 Å². The second-order valence-corrected chi connectivity index (χ2v) is 11.8. The first-order chi connectivity index (χ1) is 20.6. The summed E-state index contributed by atoms with van der Waals surface area (Å²) < 4.78 is 31.9. The first-order valence-electron chi connectivity index (χ1n) is 13.9. The van der Waals surface area contributed by atoms with Crippen LogP contribution in [0.25, 0.3) is 22.4 Å². The van der Waals surface area contributed by atoms with Crippen LogP contribution in [0.3, 0.4) is 0 Å². The Morgan fingerprint density at radius 3 is 2.28 bits per heavy atom. The molecule has 0 spiro atoms. The number of rotatable bonds is 10. The minimum absolute atomic E-state index is 0.0917. The van der Waals surface area contributed by atoms with Crippen molar-refractivity contribution in [1.82, 2.24) is 20.1 Å². The second kappa shape index (κ2) is 14.4. The number of piperazine rings is 1. The van der Waals surface area contributed by atoms with Gasteiger partial charge in [-0.25, -0.2) is 14.2 Å². The van der Waals surface area contributed by atoms with Crippen LogP contribution < -0.4 is 5.32 Å². The zero-order chi connectivity index (χ0) is 31.0. The third-order valence-corrected chi connectivity index (χ3v) is 7.75. The highest BCUT2D eigenvalue weighted by molar-refractivity contribution is 7.51. The van der Waals surface area contributed by atoms with Gasteiger partial charge < -0.3 is 29.6 Å². The third-order valence-electron chi connectivity index (χ3n) is 6.91.